The van der Waals surface area contributed by atoms with Crippen molar-refractivity contribution in [3.63, 3.8) is 0 Å². The van der Waals surface area contributed by atoms with Crippen molar-refractivity contribution in [3.05, 3.63) is 77.2 Å². The zero-order chi connectivity index (χ0) is 42.6. The summed E-state index contributed by atoms with van der Waals surface area (Å²) in [7, 11) is 1.46. The van der Waals surface area contributed by atoms with Crippen LogP contribution in [0.4, 0.5) is 24.5 Å². The van der Waals surface area contributed by atoms with Crippen LogP contribution < -0.4 is 20.7 Å². The predicted molar refractivity (Wildman–Crippen MR) is 217 cm³/mol. The number of rotatable bonds is 10. The van der Waals surface area contributed by atoms with Gasteiger partial charge in [0.25, 0.3) is 17.7 Å². The van der Waals surface area contributed by atoms with Gasteiger partial charge in [0.05, 0.1) is 35.5 Å². The Morgan fingerprint density at radius 2 is 1.69 bits per heavy atom. The van der Waals surface area contributed by atoms with Gasteiger partial charge >= 0.3 is 6.18 Å². The number of aromatic nitrogens is 3. The Hall–Kier alpha value is -5.84. The fourth-order valence-corrected chi connectivity index (χ4v) is 10.2. The first-order chi connectivity index (χ1) is 29.3. The number of likely N-dealkylation sites (tertiary alicyclic amines) is 1. The van der Waals surface area contributed by atoms with Crippen molar-refractivity contribution in [2.24, 2.45) is 17.3 Å². The van der Waals surface area contributed by atoms with Gasteiger partial charge in [-0.2, -0.15) is 18.3 Å². The molecule has 4 aromatic rings. The number of hydrogen-bond acceptors (Lipinski definition) is 10. The van der Waals surface area contributed by atoms with E-state index in [1.54, 1.807) is 30.3 Å². The quantitative estimate of drug-likeness (QED) is 0.151. The van der Waals surface area contributed by atoms with E-state index in [-0.39, 0.29) is 30.1 Å². The average molecular weight is 841 g/mol. The minimum atomic E-state index is -4.67. The molecule has 1 atom stereocenters. The number of imide groups is 2. The number of pyridine rings is 1. The number of piperidine rings is 2. The molecule has 17 heteroatoms. The van der Waals surface area contributed by atoms with Crippen LogP contribution in [-0.4, -0.2) is 93.4 Å². The second kappa shape index (κ2) is 15.9. The number of fused-ring (bicyclic) bond motifs is 2. The Labute approximate surface area is 349 Å². The van der Waals surface area contributed by atoms with Gasteiger partial charge in [-0.25, -0.2) is 4.98 Å². The molecule has 3 aliphatic heterocycles. The van der Waals surface area contributed by atoms with Crippen molar-refractivity contribution in [2.75, 3.05) is 43.9 Å². The number of amides is 5. The molecule has 0 unspecified atom stereocenters. The molecule has 9 rings (SSSR count). The number of carbonyl (C=O) groups excluding carboxylic acids is 5. The number of hydrogen-bond donors (Lipinski definition) is 3. The Balaban J connectivity index is 0.732. The minimum Gasteiger partial charge on any atom is -0.494 e. The molecule has 5 amide bonds. The van der Waals surface area contributed by atoms with Gasteiger partial charge in [0.2, 0.25) is 11.8 Å². The summed E-state index contributed by atoms with van der Waals surface area (Å²) in [6, 6.07) is 11.0. The average Bonchev–Trinajstić information content (AvgIpc) is 3.76. The van der Waals surface area contributed by atoms with Crippen molar-refractivity contribution in [2.45, 2.75) is 82.5 Å². The first-order valence-corrected chi connectivity index (χ1v) is 21.0. The van der Waals surface area contributed by atoms with Crippen LogP contribution in [0.3, 0.4) is 0 Å². The topological polar surface area (TPSA) is 168 Å². The van der Waals surface area contributed by atoms with Crippen LogP contribution in [0, 0.1) is 17.3 Å². The third kappa shape index (κ3) is 7.95. The van der Waals surface area contributed by atoms with E-state index in [9.17, 15) is 37.1 Å². The van der Waals surface area contributed by atoms with Crippen LogP contribution in [0.1, 0.15) is 107 Å². The number of nitrogens with one attached hydrogen (secondary N) is 3. The molecule has 4 fully saturated rings. The summed E-state index contributed by atoms with van der Waals surface area (Å²) in [5.74, 6) is -1.40. The SMILES string of the molecule is COc1cc2nn(C3CCC(CN4CCC5(CC4)CC(CNc4cccc6c4C(=O)N([C@H]4CCC(=O)NC4=O)C6=O)C5)CC3)cc2cc1NC(=O)c1cccc(C(F)(F)F)n1. The standard InChI is InChI=1S/C44H47F3N8O6/c1-61-35-19-32-27(18-33(35)50-39(57)31-6-3-7-36(49-31)44(45,46)47)24-54(52-32)28-10-8-25(9-11-28)23-53-16-14-43(15-17-53)20-26(21-43)22-48-30-5-2-4-29-38(30)42(60)55(41(29)59)34-12-13-37(56)51-40(34)58/h2-7,18-19,24-26,28,34,48H,8-17,20-23H2,1H3,(H,50,57)(H,51,56,58)/t25?,28?,34-/m0/s1. The normalized spacial score (nSPS) is 23.2. The zero-order valence-electron chi connectivity index (χ0n) is 33.7. The number of nitrogens with zero attached hydrogens (tertiary/aromatic N) is 5. The predicted octanol–water partition coefficient (Wildman–Crippen LogP) is 6.45. The third-order valence-electron chi connectivity index (χ3n) is 13.5. The number of methoxy groups -OCH3 is 1. The summed E-state index contributed by atoms with van der Waals surface area (Å²) in [6.45, 7) is 3.93. The maximum atomic E-state index is 13.5. The molecule has 2 saturated carbocycles. The van der Waals surface area contributed by atoms with Crippen molar-refractivity contribution < 1.29 is 41.9 Å². The number of alkyl halides is 3. The minimum absolute atomic E-state index is 0.0790. The summed E-state index contributed by atoms with van der Waals surface area (Å²) in [6.07, 6.45) is 6.21. The highest BCUT2D eigenvalue weighted by atomic mass is 19.4. The van der Waals surface area contributed by atoms with Crippen molar-refractivity contribution >= 4 is 51.8 Å². The first kappa shape index (κ1) is 40.6. The second-order valence-corrected chi connectivity index (χ2v) is 17.4. The first-order valence-electron chi connectivity index (χ1n) is 21.0. The molecule has 320 valence electrons. The second-order valence-electron chi connectivity index (χ2n) is 17.4. The lowest BCUT2D eigenvalue weighted by Gasteiger charge is -2.53. The maximum Gasteiger partial charge on any atom is 0.433 e. The molecular formula is C44H47F3N8O6. The van der Waals surface area contributed by atoms with E-state index in [2.05, 4.69) is 25.8 Å². The van der Waals surface area contributed by atoms with Crippen LogP contribution in [-0.2, 0) is 15.8 Å². The maximum absolute atomic E-state index is 13.5. The lowest BCUT2D eigenvalue weighted by atomic mass is 9.57. The number of ether oxygens (including phenoxy) is 1. The van der Waals surface area contributed by atoms with E-state index < -0.39 is 47.4 Å². The van der Waals surface area contributed by atoms with Crippen LogP contribution in [0.25, 0.3) is 10.9 Å². The highest BCUT2D eigenvalue weighted by molar-refractivity contribution is 6.25. The van der Waals surface area contributed by atoms with Crippen LogP contribution in [0.2, 0.25) is 0 Å². The van der Waals surface area contributed by atoms with E-state index in [1.807, 2.05) is 10.9 Å². The van der Waals surface area contributed by atoms with Crippen molar-refractivity contribution in [1.82, 2.24) is 29.9 Å². The number of carbonyl (C=O) groups is 5. The van der Waals surface area contributed by atoms with Gasteiger partial charge in [0, 0.05) is 42.8 Å². The number of anilines is 2. The molecular weight excluding hydrogens is 794 g/mol. The Bertz CT molecular complexity index is 2410. The Morgan fingerprint density at radius 1 is 0.934 bits per heavy atom. The van der Waals surface area contributed by atoms with Gasteiger partial charge in [-0.05, 0) is 118 Å². The van der Waals surface area contributed by atoms with E-state index in [0.717, 1.165) is 93.4 Å². The highest BCUT2D eigenvalue weighted by Crippen LogP contribution is 2.53. The summed E-state index contributed by atoms with van der Waals surface area (Å²) in [5, 5.41) is 14.0. The summed E-state index contributed by atoms with van der Waals surface area (Å²) < 4.78 is 47.0. The van der Waals surface area contributed by atoms with Crippen LogP contribution >= 0.6 is 0 Å². The molecule has 2 aromatic carbocycles. The summed E-state index contributed by atoms with van der Waals surface area (Å²) >= 11 is 0. The van der Waals surface area contributed by atoms with Gasteiger partial charge in [-0.3, -0.25) is 38.9 Å². The summed E-state index contributed by atoms with van der Waals surface area (Å²) in [5.41, 5.74) is 1.03. The van der Waals surface area contributed by atoms with Gasteiger partial charge < -0.3 is 20.3 Å². The van der Waals surface area contributed by atoms with Gasteiger partial charge in [-0.15, -0.1) is 0 Å². The number of benzene rings is 2. The molecule has 0 radical (unpaired) electrons. The monoisotopic (exact) mass is 840 g/mol. The van der Waals surface area contributed by atoms with Gasteiger partial charge in [0.15, 0.2) is 0 Å². The van der Waals surface area contributed by atoms with E-state index in [4.69, 9.17) is 9.84 Å². The van der Waals surface area contributed by atoms with E-state index in [0.29, 0.717) is 52.0 Å². The molecule has 3 N–H and O–H groups in total. The van der Waals surface area contributed by atoms with Crippen molar-refractivity contribution in [3.8, 4) is 5.75 Å². The van der Waals surface area contributed by atoms with Crippen LogP contribution in [0.5, 0.6) is 5.75 Å². The number of halogens is 3. The fraction of sp³-hybridized carbons (Fsp3) is 0.477. The molecule has 2 aromatic heterocycles. The molecule has 14 nitrogen and oxygen atoms in total. The lowest BCUT2D eigenvalue weighted by Crippen LogP contribution is -2.54. The Kier molecular flexibility index (Phi) is 10.6. The largest absolute Gasteiger partial charge is 0.494 e. The molecule has 1 spiro atoms. The van der Waals surface area contributed by atoms with Gasteiger partial charge in [0.1, 0.15) is 23.2 Å². The summed E-state index contributed by atoms with van der Waals surface area (Å²) in [4.78, 5) is 70.9. The van der Waals surface area contributed by atoms with E-state index >= 15 is 0 Å². The smallest absolute Gasteiger partial charge is 0.433 e. The fourth-order valence-electron chi connectivity index (χ4n) is 10.2. The lowest BCUT2D eigenvalue weighted by molar-refractivity contribution is -0.141. The zero-order valence-corrected chi connectivity index (χ0v) is 33.7. The molecule has 5 aliphatic rings. The highest BCUT2D eigenvalue weighted by Gasteiger charge is 2.48. The third-order valence-corrected chi connectivity index (χ3v) is 13.5. The van der Waals surface area contributed by atoms with Crippen molar-refractivity contribution in [1.29, 1.82) is 0 Å². The molecule has 0 bridgehead atoms. The van der Waals surface area contributed by atoms with E-state index in [1.165, 1.54) is 13.2 Å². The van der Waals surface area contributed by atoms with Crippen LogP contribution in [0.15, 0.2) is 54.7 Å². The molecule has 5 heterocycles. The Morgan fingerprint density at radius 3 is 2.41 bits per heavy atom. The van der Waals surface area contributed by atoms with Gasteiger partial charge in [-0.1, -0.05) is 12.1 Å². The molecule has 2 saturated heterocycles. The molecule has 61 heavy (non-hydrogen) atoms. The molecule has 2 aliphatic carbocycles.